The fourth-order valence-electron chi connectivity index (χ4n) is 0.967. The first-order chi connectivity index (χ1) is 6.60. The Labute approximate surface area is 88.4 Å². The van der Waals surface area contributed by atoms with Gasteiger partial charge in [0.2, 0.25) is 5.75 Å². The Kier molecular flexibility index (Phi) is 3.04. The second-order valence-corrected chi connectivity index (χ2v) is 3.20. The SMILES string of the molecule is [C-]#[N+]c1cc(Br)c(OC)c([N+](=O)[O-])c1. The van der Waals surface area contributed by atoms with Crippen LogP contribution in [0.1, 0.15) is 0 Å². The van der Waals surface area contributed by atoms with Gasteiger partial charge >= 0.3 is 5.69 Å². The minimum absolute atomic E-state index is 0.127. The van der Waals surface area contributed by atoms with Crippen LogP contribution in [-0.4, -0.2) is 12.0 Å². The van der Waals surface area contributed by atoms with Gasteiger partial charge in [0.25, 0.3) is 0 Å². The summed E-state index contributed by atoms with van der Waals surface area (Å²) in [7, 11) is 1.34. The van der Waals surface area contributed by atoms with Gasteiger partial charge in [-0.2, -0.15) is 0 Å². The summed E-state index contributed by atoms with van der Waals surface area (Å²) < 4.78 is 5.25. The van der Waals surface area contributed by atoms with E-state index in [9.17, 15) is 10.1 Å². The predicted molar refractivity (Wildman–Crippen MR) is 53.6 cm³/mol. The summed E-state index contributed by atoms with van der Waals surface area (Å²) in [5.74, 6) is 0.127. The molecule has 1 aromatic rings. The van der Waals surface area contributed by atoms with E-state index in [1.54, 1.807) is 0 Å². The first-order valence-corrected chi connectivity index (χ1v) is 4.29. The van der Waals surface area contributed by atoms with Gasteiger partial charge in [-0.15, -0.1) is 0 Å². The molecule has 0 heterocycles. The highest BCUT2D eigenvalue weighted by atomic mass is 79.9. The lowest BCUT2D eigenvalue weighted by Gasteiger charge is -2.04. The molecule has 0 aliphatic rings. The normalized spacial score (nSPS) is 9.21. The number of hydrogen-bond acceptors (Lipinski definition) is 3. The molecule has 0 amide bonds. The molecule has 14 heavy (non-hydrogen) atoms. The highest BCUT2D eigenvalue weighted by Crippen LogP contribution is 2.38. The monoisotopic (exact) mass is 256 g/mol. The molecule has 0 saturated carbocycles. The fourth-order valence-corrected chi connectivity index (χ4v) is 1.57. The number of ether oxygens (including phenoxy) is 1. The molecular weight excluding hydrogens is 252 g/mol. The Hall–Kier alpha value is -1.61. The summed E-state index contributed by atoms with van der Waals surface area (Å²) in [5, 5.41) is 10.6. The van der Waals surface area contributed by atoms with Crippen LogP contribution < -0.4 is 4.74 Å². The topological polar surface area (TPSA) is 56.7 Å². The zero-order valence-corrected chi connectivity index (χ0v) is 8.74. The van der Waals surface area contributed by atoms with E-state index in [1.165, 1.54) is 19.2 Å². The van der Waals surface area contributed by atoms with E-state index in [1.807, 2.05) is 0 Å². The van der Waals surface area contributed by atoms with E-state index in [2.05, 4.69) is 20.8 Å². The van der Waals surface area contributed by atoms with Crippen LogP contribution in [0.4, 0.5) is 11.4 Å². The first kappa shape index (κ1) is 10.5. The van der Waals surface area contributed by atoms with E-state index >= 15 is 0 Å². The van der Waals surface area contributed by atoms with Gasteiger partial charge in [0.15, 0.2) is 5.69 Å². The molecule has 0 unspecified atom stereocenters. The maximum atomic E-state index is 10.6. The van der Waals surface area contributed by atoms with E-state index in [4.69, 9.17) is 11.3 Å². The van der Waals surface area contributed by atoms with Crippen molar-refractivity contribution >= 4 is 27.3 Å². The summed E-state index contributed by atoms with van der Waals surface area (Å²) in [4.78, 5) is 13.1. The van der Waals surface area contributed by atoms with Gasteiger partial charge in [-0.3, -0.25) is 10.1 Å². The third-order valence-electron chi connectivity index (χ3n) is 1.54. The molecule has 0 spiro atoms. The van der Waals surface area contributed by atoms with Gasteiger partial charge < -0.3 is 4.74 Å². The number of benzene rings is 1. The number of nitrogens with zero attached hydrogens (tertiary/aromatic N) is 2. The molecule has 0 N–H and O–H groups in total. The molecule has 1 rings (SSSR count). The highest BCUT2D eigenvalue weighted by Gasteiger charge is 2.18. The van der Waals surface area contributed by atoms with E-state index < -0.39 is 4.92 Å². The van der Waals surface area contributed by atoms with Gasteiger partial charge in [-0.05, 0) is 22.0 Å². The van der Waals surface area contributed by atoms with Gasteiger partial charge in [0, 0.05) is 6.07 Å². The standard InChI is InChI=1S/C8H5BrN2O3/c1-10-5-3-6(9)8(14-2)7(4-5)11(12)13/h3-4H,2H3. The Bertz CT molecular complexity index is 425. The summed E-state index contributed by atoms with van der Waals surface area (Å²) in [6.07, 6.45) is 0. The Morgan fingerprint density at radius 1 is 1.64 bits per heavy atom. The number of methoxy groups -OCH3 is 1. The van der Waals surface area contributed by atoms with Gasteiger partial charge in [-0.1, -0.05) is 0 Å². The molecular formula is C8H5BrN2O3. The summed E-state index contributed by atoms with van der Waals surface area (Å²) in [6, 6.07) is 2.65. The van der Waals surface area contributed by atoms with Gasteiger partial charge in [0.05, 0.1) is 23.1 Å². The van der Waals surface area contributed by atoms with Crippen molar-refractivity contribution in [1.29, 1.82) is 0 Å². The maximum Gasteiger partial charge on any atom is 0.302 e. The largest absolute Gasteiger partial charge is 0.489 e. The van der Waals surface area contributed by atoms with Crippen LogP contribution in [0.5, 0.6) is 5.75 Å². The lowest BCUT2D eigenvalue weighted by Crippen LogP contribution is -1.94. The molecule has 1 aromatic carbocycles. The summed E-state index contributed by atoms with van der Waals surface area (Å²) in [6.45, 7) is 6.75. The lowest BCUT2D eigenvalue weighted by molar-refractivity contribution is -0.385. The second-order valence-electron chi connectivity index (χ2n) is 2.35. The highest BCUT2D eigenvalue weighted by molar-refractivity contribution is 9.10. The van der Waals surface area contributed by atoms with Crippen molar-refractivity contribution in [3.05, 3.63) is 38.1 Å². The van der Waals surface area contributed by atoms with Crippen LogP contribution in [-0.2, 0) is 0 Å². The van der Waals surface area contributed by atoms with Crippen molar-refractivity contribution in [3.8, 4) is 5.75 Å². The van der Waals surface area contributed by atoms with Crippen LogP contribution in [0, 0.1) is 16.7 Å². The van der Waals surface area contributed by atoms with Crippen molar-refractivity contribution in [2.45, 2.75) is 0 Å². The first-order valence-electron chi connectivity index (χ1n) is 3.49. The molecule has 6 heteroatoms. The van der Waals surface area contributed by atoms with Crippen molar-refractivity contribution in [3.63, 3.8) is 0 Å². The van der Waals surface area contributed by atoms with Crippen molar-refractivity contribution < 1.29 is 9.66 Å². The second kappa shape index (κ2) is 4.07. The summed E-state index contributed by atoms with van der Waals surface area (Å²) in [5.41, 5.74) is -0.0164. The van der Waals surface area contributed by atoms with Gasteiger partial charge in [-0.25, -0.2) is 4.85 Å². The average Bonchev–Trinajstić information content (AvgIpc) is 2.16. The Morgan fingerprint density at radius 3 is 2.71 bits per heavy atom. The third kappa shape index (κ3) is 1.83. The van der Waals surface area contributed by atoms with Crippen LogP contribution in [0.3, 0.4) is 0 Å². The smallest absolute Gasteiger partial charge is 0.302 e. The van der Waals surface area contributed by atoms with Crippen molar-refractivity contribution in [2.75, 3.05) is 7.11 Å². The molecule has 5 nitrogen and oxygen atoms in total. The Morgan fingerprint density at radius 2 is 2.29 bits per heavy atom. The average molecular weight is 257 g/mol. The van der Waals surface area contributed by atoms with Crippen molar-refractivity contribution in [2.24, 2.45) is 0 Å². The molecule has 0 aliphatic carbocycles. The quantitative estimate of drug-likeness (QED) is 0.465. The van der Waals surface area contributed by atoms with E-state index in [0.717, 1.165) is 0 Å². The molecule has 0 aromatic heterocycles. The molecule has 0 aliphatic heterocycles. The zero-order valence-electron chi connectivity index (χ0n) is 7.15. The number of halogens is 1. The third-order valence-corrected chi connectivity index (χ3v) is 2.13. The molecule has 0 saturated heterocycles. The van der Waals surface area contributed by atoms with E-state index in [0.29, 0.717) is 4.47 Å². The molecule has 0 radical (unpaired) electrons. The lowest BCUT2D eigenvalue weighted by atomic mass is 10.2. The zero-order chi connectivity index (χ0) is 10.7. The van der Waals surface area contributed by atoms with Crippen molar-refractivity contribution in [1.82, 2.24) is 0 Å². The van der Waals surface area contributed by atoms with Crippen LogP contribution >= 0.6 is 15.9 Å². The molecule has 0 fully saturated rings. The maximum absolute atomic E-state index is 10.6. The number of hydrogen-bond donors (Lipinski definition) is 0. The minimum atomic E-state index is -0.585. The van der Waals surface area contributed by atoms with Crippen LogP contribution in [0.2, 0.25) is 0 Å². The molecule has 72 valence electrons. The summed E-state index contributed by atoms with van der Waals surface area (Å²) >= 11 is 3.09. The van der Waals surface area contributed by atoms with E-state index in [-0.39, 0.29) is 17.1 Å². The van der Waals surface area contributed by atoms with Crippen LogP contribution in [0.15, 0.2) is 16.6 Å². The molecule has 0 bridgehead atoms. The number of nitro groups is 1. The Balaban J connectivity index is 3.45. The minimum Gasteiger partial charge on any atom is -0.489 e. The van der Waals surface area contributed by atoms with Gasteiger partial charge in [0.1, 0.15) is 0 Å². The fraction of sp³-hybridized carbons (Fsp3) is 0.125. The molecule has 0 atom stereocenters. The number of nitro benzene ring substituents is 1. The van der Waals surface area contributed by atoms with Crippen LogP contribution in [0.25, 0.3) is 4.85 Å². The number of rotatable bonds is 2. The predicted octanol–water partition coefficient (Wildman–Crippen LogP) is 2.92.